The number of ketones is 1. The summed E-state index contributed by atoms with van der Waals surface area (Å²) in [5, 5.41) is 13.6. The minimum absolute atomic E-state index is 0.0877. The number of carbonyl (C=O) groups is 1. The zero-order valence-electron chi connectivity index (χ0n) is 10.2. The van der Waals surface area contributed by atoms with Gasteiger partial charge in [-0.3, -0.25) is 4.79 Å². The van der Waals surface area contributed by atoms with E-state index in [1.54, 1.807) is 11.3 Å². The predicted molar refractivity (Wildman–Crippen MR) is 74.2 cm³/mol. The summed E-state index contributed by atoms with van der Waals surface area (Å²) in [5.74, 6) is -0.0877. The van der Waals surface area contributed by atoms with E-state index in [1.165, 1.54) is 0 Å². The van der Waals surface area contributed by atoms with E-state index < -0.39 is 5.60 Å². The van der Waals surface area contributed by atoms with Crippen LogP contribution >= 0.6 is 11.3 Å². The molecule has 0 atom stereocenters. The highest BCUT2D eigenvalue weighted by Crippen LogP contribution is 2.34. The summed E-state index contributed by atoms with van der Waals surface area (Å²) < 4.78 is 1.00. The molecule has 1 aliphatic rings. The number of rotatable bonds is 2. The first-order chi connectivity index (χ1) is 8.71. The molecule has 1 aliphatic carbocycles. The number of thiophene rings is 1. The van der Waals surface area contributed by atoms with Crippen molar-refractivity contribution in [1.82, 2.24) is 0 Å². The average molecular weight is 260 g/mol. The quantitative estimate of drug-likeness (QED) is 0.834. The van der Waals surface area contributed by atoms with E-state index in [9.17, 15) is 9.90 Å². The van der Waals surface area contributed by atoms with E-state index in [4.69, 9.17) is 0 Å². The maximum Gasteiger partial charge on any atom is 0.195 e. The van der Waals surface area contributed by atoms with Crippen molar-refractivity contribution in [2.45, 2.75) is 37.7 Å². The van der Waals surface area contributed by atoms with Crippen LogP contribution in [-0.4, -0.2) is 16.5 Å². The van der Waals surface area contributed by atoms with Crippen molar-refractivity contribution in [3.05, 3.63) is 35.2 Å². The number of hydrogen-bond donors (Lipinski definition) is 1. The first kappa shape index (κ1) is 11.9. The molecule has 0 aliphatic heterocycles. The van der Waals surface area contributed by atoms with Gasteiger partial charge in [-0.15, -0.1) is 11.3 Å². The fourth-order valence-electron chi connectivity index (χ4n) is 2.79. The minimum Gasteiger partial charge on any atom is -0.382 e. The van der Waals surface area contributed by atoms with Gasteiger partial charge in [0.05, 0.1) is 0 Å². The molecular weight excluding hydrogens is 244 g/mol. The number of fused-ring (bicyclic) bond motifs is 1. The molecule has 1 heterocycles. The Morgan fingerprint density at radius 2 is 1.94 bits per heavy atom. The molecule has 2 aromatic rings. The first-order valence-corrected chi connectivity index (χ1v) is 7.32. The molecule has 0 radical (unpaired) electrons. The fraction of sp³-hybridized carbons (Fsp3) is 0.400. The summed E-state index contributed by atoms with van der Waals surface area (Å²) in [6, 6.07) is 7.76. The van der Waals surface area contributed by atoms with Gasteiger partial charge < -0.3 is 5.11 Å². The van der Waals surface area contributed by atoms with Gasteiger partial charge in [-0.05, 0) is 35.7 Å². The standard InChI is InChI=1S/C15H16O2S/c16-14(15(17)8-2-1-3-9-15)12-6-4-5-11-7-10-18-13(11)12/h4-7,10,17H,1-3,8-9H2. The lowest BCUT2D eigenvalue weighted by molar-refractivity contribution is 0.0118. The van der Waals surface area contributed by atoms with Crippen LogP contribution in [0.3, 0.4) is 0 Å². The van der Waals surface area contributed by atoms with Gasteiger partial charge in [0.15, 0.2) is 5.78 Å². The summed E-state index contributed by atoms with van der Waals surface area (Å²) in [4.78, 5) is 12.6. The highest BCUT2D eigenvalue weighted by atomic mass is 32.1. The monoisotopic (exact) mass is 260 g/mol. The minimum atomic E-state index is -1.13. The van der Waals surface area contributed by atoms with E-state index in [-0.39, 0.29) is 5.78 Å². The van der Waals surface area contributed by atoms with Gasteiger partial charge in [0.1, 0.15) is 5.60 Å². The maximum absolute atomic E-state index is 12.6. The predicted octanol–water partition coefficient (Wildman–Crippen LogP) is 3.78. The van der Waals surface area contributed by atoms with E-state index >= 15 is 0 Å². The molecule has 1 fully saturated rings. The lowest BCUT2D eigenvalue weighted by atomic mass is 9.79. The second-order valence-electron chi connectivity index (χ2n) is 5.07. The summed E-state index contributed by atoms with van der Waals surface area (Å²) >= 11 is 1.57. The molecule has 2 nitrogen and oxygen atoms in total. The Balaban J connectivity index is 2.03. The molecule has 94 valence electrons. The van der Waals surface area contributed by atoms with Gasteiger partial charge >= 0.3 is 0 Å². The third-order valence-corrected chi connectivity index (χ3v) is 4.79. The topological polar surface area (TPSA) is 37.3 Å². The summed E-state index contributed by atoms with van der Waals surface area (Å²) in [6.45, 7) is 0. The Hall–Kier alpha value is -1.19. The van der Waals surface area contributed by atoms with E-state index in [0.717, 1.165) is 29.3 Å². The van der Waals surface area contributed by atoms with Crippen LogP contribution in [-0.2, 0) is 0 Å². The van der Waals surface area contributed by atoms with Crippen molar-refractivity contribution < 1.29 is 9.90 Å². The molecule has 1 aromatic heterocycles. The number of Topliss-reactive ketones (excluding diaryl/α,β-unsaturated/α-hetero) is 1. The molecule has 0 unspecified atom stereocenters. The zero-order valence-corrected chi connectivity index (χ0v) is 11.0. The van der Waals surface area contributed by atoms with Gasteiger partial charge in [0, 0.05) is 10.3 Å². The molecule has 0 saturated heterocycles. The fourth-order valence-corrected chi connectivity index (χ4v) is 3.70. The third kappa shape index (κ3) is 1.88. The summed E-state index contributed by atoms with van der Waals surface area (Å²) in [7, 11) is 0. The second-order valence-corrected chi connectivity index (χ2v) is 5.98. The van der Waals surface area contributed by atoms with Crippen LogP contribution in [0.1, 0.15) is 42.5 Å². The lowest BCUT2D eigenvalue weighted by Gasteiger charge is -2.30. The normalized spacial score (nSPS) is 18.9. The van der Waals surface area contributed by atoms with Gasteiger partial charge in [0.25, 0.3) is 0 Å². The number of hydrogen-bond acceptors (Lipinski definition) is 3. The summed E-state index contributed by atoms with van der Waals surface area (Å²) in [6.07, 6.45) is 4.23. The van der Waals surface area contributed by atoms with Crippen molar-refractivity contribution in [3.63, 3.8) is 0 Å². The van der Waals surface area contributed by atoms with E-state index in [2.05, 4.69) is 0 Å². The van der Waals surface area contributed by atoms with Gasteiger partial charge in [-0.25, -0.2) is 0 Å². The largest absolute Gasteiger partial charge is 0.382 e. The van der Waals surface area contributed by atoms with Crippen molar-refractivity contribution >= 4 is 27.2 Å². The molecule has 1 N–H and O–H groups in total. The molecular formula is C15H16O2S. The highest BCUT2D eigenvalue weighted by molar-refractivity contribution is 7.17. The van der Waals surface area contributed by atoms with Gasteiger partial charge in [-0.1, -0.05) is 31.4 Å². The van der Waals surface area contributed by atoms with Crippen LogP contribution in [0.5, 0.6) is 0 Å². The van der Waals surface area contributed by atoms with Crippen molar-refractivity contribution in [3.8, 4) is 0 Å². The molecule has 18 heavy (non-hydrogen) atoms. The summed E-state index contributed by atoms with van der Waals surface area (Å²) in [5.41, 5.74) is -0.442. The molecule has 3 heteroatoms. The van der Waals surface area contributed by atoms with E-state index in [0.29, 0.717) is 18.4 Å². The Morgan fingerprint density at radius 1 is 1.17 bits per heavy atom. The molecule has 1 aromatic carbocycles. The van der Waals surface area contributed by atoms with Crippen molar-refractivity contribution in [2.75, 3.05) is 0 Å². The van der Waals surface area contributed by atoms with Crippen LogP contribution in [0, 0.1) is 0 Å². The van der Waals surface area contributed by atoms with E-state index in [1.807, 2.05) is 29.6 Å². The highest BCUT2D eigenvalue weighted by Gasteiger charge is 2.38. The Labute approximate surface area is 110 Å². The number of aliphatic hydroxyl groups is 1. The van der Waals surface area contributed by atoms with Gasteiger partial charge in [-0.2, -0.15) is 0 Å². The third-order valence-electron chi connectivity index (χ3n) is 3.83. The molecule has 3 rings (SSSR count). The Bertz CT molecular complexity index is 579. The van der Waals surface area contributed by atoms with Crippen molar-refractivity contribution in [2.24, 2.45) is 0 Å². The lowest BCUT2D eigenvalue weighted by Crippen LogP contribution is -2.40. The second kappa shape index (κ2) is 4.48. The molecule has 1 saturated carbocycles. The van der Waals surface area contributed by atoms with Crippen LogP contribution in [0.15, 0.2) is 29.6 Å². The SMILES string of the molecule is O=C(c1cccc2ccsc12)C1(O)CCCCC1. The first-order valence-electron chi connectivity index (χ1n) is 6.44. The zero-order chi connectivity index (χ0) is 12.6. The van der Waals surface area contributed by atoms with Crippen LogP contribution in [0.2, 0.25) is 0 Å². The van der Waals surface area contributed by atoms with Gasteiger partial charge in [0.2, 0.25) is 0 Å². The Kier molecular flexibility index (Phi) is 2.96. The maximum atomic E-state index is 12.6. The smallest absolute Gasteiger partial charge is 0.195 e. The Morgan fingerprint density at radius 3 is 2.72 bits per heavy atom. The van der Waals surface area contributed by atoms with Crippen LogP contribution in [0.4, 0.5) is 0 Å². The van der Waals surface area contributed by atoms with Crippen LogP contribution in [0.25, 0.3) is 10.1 Å². The average Bonchev–Trinajstić information content (AvgIpc) is 2.87. The molecule has 0 amide bonds. The van der Waals surface area contributed by atoms with Crippen LogP contribution < -0.4 is 0 Å². The number of carbonyl (C=O) groups excluding carboxylic acids is 1. The van der Waals surface area contributed by atoms with Crippen molar-refractivity contribution in [1.29, 1.82) is 0 Å². The molecule has 0 bridgehead atoms. The number of benzene rings is 1. The molecule has 0 spiro atoms.